The Morgan fingerprint density at radius 1 is 1.24 bits per heavy atom. The van der Waals surface area contributed by atoms with Crippen LogP contribution < -0.4 is 0 Å². The van der Waals surface area contributed by atoms with Gasteiger partial charge in [-0.25, -0.2) is 0 Å². The minimum Gasteiger partial charge on any atom is -0.381 e. The van der Waals surface area contributed by atoms with E-state index in [4.69, 9.17) is 9.47 Å². The lowest BCUT2D eigenvalue weighted by molar-refractivity contribution is -0.0655. The molecule has 2 unspecified atom stereocenters. The average Bonchev–Trinajstić information content (AvgIpc) is 2.68. The first-order valence-electron chi connectivity index (χ1n) is 7.34. The number of rotatable bonds is 8. The van der Waals surface area contributed by atoms with Crippen LogP contribution in [0.4, 0.5) is 0 Å². The van der Waals surface area contributed by atoms with Gasteiger partial charge in [0, 0.05) is 18.6 Å². The van der Waals surface area contributed by atoms with Gasteiger partial charge in [0.1, 0.15) is 0 Å². The Morgan fingerprint density at radius 2 is 2.00 bits per heavy atom. The first-order valence-corrected chi connectivity index (χ1v) is 7.34. The lowest BCUT2D eigenvalue weighted by Crippen LogP contribution is -2.37. The zero-order valence-electron chi connectivity index (χ0n) is 12.1. The van der Waals surface area contributed by atoms with Gasteiger partial charge in [-0.05, 0) is 39.0 Å². The van der Waals surface area contributed by atoms with E-state index < -0.39 is 0 Å². The molecule has 2 heteroatoms. The highest BCUT2D eigenvalue weighted by molar-refractivity contribution is 4.93. The molecular weight excluding hydrogens is 212 g/mol. The number of hydrogen-bond acceptors (Lipinski definition) is 2. The van der Waals surface area contributed by atoms with Crippen molar-refractivity contribution in [1.29, 1.82) is 0 Å². The fourth-order valence-electron chi connectivity index (χ4n) is 2.97. The minimum atomic E-state index is 0.302. The Kier molecular flexibility index (Phi) is 6.50. The second-order valence-corrected chi connectivity index (χ2v) is 5.77. The van der Waals surface area contributed by atoms with E-state index in [2.05, 4.69) is 27.7 Å². The molecule has 1 aliphatic rings. The van der Waals surface area contributed by atoms with Gasteiger partial charge in [0.25, 0.3) is 0 Å². The summed E-state index contributed by atoms with van der Waals surface area (Å²) in [5.41, 5.74) is 0.302. The van der Waals surface area contributed by atoms with Gasteiger partial charge in [-0.15, -0.1) is 0 Å². The third-order valence-corrected chi connectivity index (χ3v) is 4.01. The third kappa shape index (κ3) is 4.26. The predicted molar refractivity (Wildman–Crippen MR) is 72.3 cm³/mol. The summed E-state index contributed by atoms with van der Waals surface area (Å²) in [6.45, 7) is 11.3. The van der Waals surface area contributed by atoms with Crippen molar-refractivity contribution in [3.63, 3.8) is 0 Å². The maximum atomic E-state index is 5.97. The molecule has 1 saturated carbocycles. The van der Waals surface area contributed by atoms with E-state index in [1.807, 2.05) is 0 Å². The molecule has 0 spiro atoms. The molecule has 0 aliphatic heterocycles. The molecule has 1 rings (SSSR count). The van der Waals surface area contributed by atoms with Gasteiger partial charge in [-0.1, -0.05) is 26.7 Å². The molecule has 0 bridgehead atoms. The third-order valence-electron chi connectivity index (χ3n) is 4.01. The smallest absolute Gasteiger partial charge is 0.0653 e. The van der Waals surface area contributed by atoms with Crippen molar-refractivity contribution >= 4 is 0 Å². The molecule has 0 amide bonds. The zero-order chi connectivity index (χ0) is 12.7. The Bertz CT molecular complexity index is 203. The van der Waals surface area contributed by atoms with Crippen LogP contribution in [0, 0.1) is 11.3 Å². The fraction of sp³-hybridized carbons (Fsp3) is 1.00. The maximum absolute atomic E-state index is 5.97. The Labute approximate surface area is 107 Å². The highest BCUT2D eigenvalue weighted by atomic mass is 16.5. The second-order valence-electron chi connectivity index (χ2n) is 5.77. The van der Waals surface area contributed by atoms with Gasteiger partial charge in [0.2, 0.25) is 0 Å². The van der Waals surface area contributed by atoms with E-state index in [0.29, 0.717) is 11.5 Å². The molecule has 0 radical (unpaired) electrons. The van der Waals surface area contributed by atoms with Crippen LogP contribution in [0.5, 0.6) is 0 Å². The van der Waals surface area contributed by atoms with Crippen LogP contribution in [0.1, 0.15) is 59.8 Å². The topological polar surface area (TPSA) is 18.5 Å². The quantitative estimate of drug-likeness (QED) is 0.639. The van der Waals surface area contributed by atoms with Crippen LogP contribution in [-0.4, -0.2) is 25.9 Å². The molecule has 2 nitrogen and oxygen atoms in total. The Hall–Kier alpha value is -0.0800. The van der Waals surface area contributed by atoms with E-state index in [9.17, 15) is 0 Å². The molecule has 102 valence electrons. The van der Waals surface area contributed by atoms with Gasteiger partial charge in [-0.2, -0.15) is 0 Å². The lowest BCUT2D eigenvalue weighted by atomic mass is 9.78. The first kappa shape index (κ1) is 15.0. The summed E-state index contributed by atoms with van der Waals surface area (Å²) < 4.78 is 11.7. The van der Waals surface area contributed by atoms with Crippen molar-refractivity contribution in [2.75, 3.05) is 19.8 Å². The van der Waals surface area contributed by atoms with Crippen molar-refractivity contribution in [3.8, 4) is 0 Å². The van der Waals surface area contributed by atoms with E-state index in [0.717, 1.165) is 25.7 Å². The van der Waals surface area contributed by atoms with Crippen LogP contribution in [0.25, 0.3) is 0 Å². The van der Waals surface area contributed by atoms with Crippen molar-refractivity contribution in [3.05, 3.63) is 0 Å². The summed E-state index contributed by atoms with van der Waals surface area (Å²) in [5, 5.41) is 0. The van der Waals surface area contributed by atoms with Crippen molar-refractivity contribution in [1.82, 2.24) is 0 Å². The summed E-state index contributed by atoms with van der Waals surface area (Å²) in [4.78, 5) is 0. The molecule has 0 saturated heterocycles. The second kappa shape index (κ2) is 7.38. The molecule has 17 heavy (non-hydrogen) atoms. The normalized spacial score (nSPS) is 29.1. The maximum Gasteiger partial charge on any atom is 0.0653 e. The largest absolute Gasteiger partial charge is 0.381 e. The van der Waals surface area contributed by atoms with E-state index >= 15 is 0 Å². The van der Waals surface area contributed by atoms with Crippen LogP contribution in [-0.2, 0) is 9.47 Å². The van der Waals surface area contributed by atoms with Crippen LogP contribution >= 0.6 is 0 Å². The van der Waals surface area contributed by atoms with Gasteiger partial charge >= 0.3 is 0 Å². The Morgan fingerprint density at radius 3 is 2.59 bits per heavy atom. The molecule has 1 fully saturated rings. The van der Waals surface area contributed by atoms with Crippen LogP contribution in [0.2, 0.25) is 0 Å². The SMILES string of the molecule is CCOCC1(CCC(C)C)CCCC1OCC. The lowest BCUT2D eigenvalue weighted by Gasteiger charge is -2.35. The van der Waals surface area contributed by atoms with Gasteiger partial charge < -0.3 is 9.47 Å². The molecule has 0 heterocycles. The summed E-state index contributed by atoms with van der Waals surface area (Å²) in [6, 6.07) is 0. The van der Waals surface area contributed by atoms with Crippen molar-refractivity contribution < 1.29 is 9.47 Å². The summed E-state index contributed by atoms with van der Waals surface area (Å²) in [6.07, 6.45) is 6.78. The van der Waals surface area contributed by atoms with Crippen molar-refractivity contribution in [2.24, 2.45) is 11.3 Å². The van der Waals surface area contributed by atoms with E-state index in [1.54, 1.807) is 0 Å². The van der Waals surface area contributed by atoms with Gasteiger partial charge in [0.05, 0.1) is 12.7 Å². The zero-order valence-corrected chi connectivity index (χ0v) is 12.1. The standard InChI is InChI=1S/C15H30O2/c1-5-16-12-15(11-9-13(3)4)10-7-8-14(15)17-6-2/h13-14H,5-12H2,1-4H3. The summed E-state index contributed by atoms with van der Waals surface area (Å²) in [7, 11) is 0. The minimum absolute atomic E-state index is 0.302. The summed E-state index contributed by atoms with van der Waals surface area (Å²) >= 11 is 0. The fourth-order valence-corrected chi connectivity index (χ4v) is 2.97. The molecule has 2 atom stereocenters. The molecule has 1 aliphatic carbocycles. The first-order chi connectivity index (χ1) is 8.14. The van der Waals surface area contributed by atoms with Crippen molar-refractivity contribution in [2.45, 2.75) is 65.9 Å². The van der Waals surface area contributed by atoms with Crippen LogP contribution in [0.3, 0.4) is 0 Å². The highest BCUT2D eigenvalue weighted by Crippen LogP contribution is 2.45. The number of ether oxygens (including phenoxy) is 2. The Balaban J connectivity index is 2.62. The number of hydrogen-bond donors (Lipinski definition) is 0. The van der Waals surface area contributed by atoms with E-state index in [1.165, 1.54) is 32.1 Å². The van der Waals surface area contributed by atoms with Gasteiger partial charge in [0.15, 0.2) is 0 Å². The molecule has 0 aromatic rings. The molecule has 0 aromatic carbocycles. The summed E-state index contributed by atoms with van der Waals surface area (Å²) in [5.74, 6) is 0.774. The predicted octanol–water partition coefficient (Wildman–Crippen LogP) is 4.03. The molecule has 0 aromatic heterocycles. The van der Waals surface area contributed by atoms with E-state index in [-0.39, 0.29) is 0 Å². The van der Waals surface area contributed by atoms with Crippen LogP contribution in [0.15, 0.2) is 0 Å². The average molecular weight is 242 g/mol. The highest BCUT2D eigenvalue weighted by Gasteiger charge is 2.43. The van der Waals surface area contributed by atoms with Gasteiger partial charge in [-0.3, -0.25) is 0 Å². The monoisotopic (exact) mass is 242 g/mol. The molecule has 0 N–H and O–H groups in total. The molecular formula is C15H30O2.